The average molecular weight is 403 g/mol. The zero-order valence-corrected chi connectivity index (χ0v) is 16.0. The summed E-state index contributed by atoms with van der Waals surface area (Å²) < 4.78 is 9.60. The Hall–Kier alpha value is -4.38. The summed E-state index contributed by atoms with van der Waals surface area (Å²) in [6.07, 6.45) is 2.67. The number of aromatic amines is 1. The van der Waals surface area contributed by atoms with E-state index in [1.807, 2.05) is 12.1 Å². The number of nitrogens with zero attached hydrogens (tertiary/aromatic N) is 2. The molecule has 0 aliphatic rings. The molecule has 3 aromatic rings. The third-order valence-corrected chi connectivity index (χ3v) is 4.12. The summed E-state index contributed by atoms with van der Waals surface area (Å²) in [5, 5.41) is 19.5. The molecule has 0 aliphatic carbocycles. The monoisotopic (exact) mass is 403 g/mol. The minimum Gasteiger partial charge on any atom is -0.507 e. The Morgan fingerprint density at radius 1 is 1.20 bits per heavy atom. The molecule has 8 heteroatoms. The van der Waals surface area contributed by atoms with Gasteiger partial charge in [0.25, 0.3) is 0 Å². The fraction of sp³-hybridized carbons (Fsp3) is 0.0909. The van der Waals surface area contributed by atoms with E-state index in [0.29, 0.717) is 22.2 Å². The van der Waals surface area contributed by atoms with Crippen molar-refractivity contribution in [1.29, 1.82) is 5.26 Å². The number of aliphatic hydroxyl groups is 1. The number of hydrogen-bond donors (Lipinski definition) is 2. The highest BCUT2D eigenvalue weighted by molar-refractivity contribution is 5.90. The van der Waals surface area contributed by atoms with Crippen LogP contribution >= 0.6 is 0 Å². The van der Waals surface area contributed by atoms with Gasteiger partial charge in [-0.05, 0) is 35.9 Å². The molecule has 0 spiro atoms. The first kappa shape index (κ1) is 20.4. The number of H-pyrrole nitrogens is 1. The number of allylic oxidation sites excluding steroid dienone is 1. The molecule has 0 radical (unpaired) electrons. The summed E-state index contributed by atoms with van der Waals surface area (Å²) in [4.78, 5) is 30.5. The van der Waals surface area contributed by atoms with Gasteiger partial charge in [-0.1, -0.05) is 24.3 Å². The second kappa shape index (κ2) is 9.21. The van der Waals surface area contributed by atoms with E-state index in [4.69, 9.17) is 4.74 Å². The molecular formula is C22H17N3O5. The first-order valence-electron chi connectivity index (χ1n) is 8.82. The van der Waals surface area contributed by atoms with Gasteiger partial charge in [-0.2, -0.15) is 5.26 Å². The Morgan fingerprint density at radius 2 is 1.93 bits per heavy atom. The van der Waals surface area contributed by atoms with Gasteiger partial charge in [0.15, 0.2) is 11.6 Å². The number of nitrogens with one attached hydrogen (secondary N) is 1. The number of imidazole rings is 1. The number of nitriles is 1. The maximum absolute atomic E-state index is 11.9. The third-order valence-electron chi connectivity index (χ3n) is 4.12. The molecule has 1 aromatic heterocycles. The van der Waals surface area contributed by atoms with Crippen molar-refractivity contribution in [1.82, 2.24) is 9.97 Å². The van der Waals surface area contributed by atoms with Crippen LogP contribution in [0.2, 0.25) is 0 Å². The van der Waals surface area contributed by atoms with Crippen LogP contribution < -0.4 is 0 Å². The van der Waals surface area contributed by atoms with E-state index in [2.05, 4.69) is 14.7 Å². The van der Waals surface area contributed by atoms with E-state index in [1.165, 1.54) is 19.3 Å². The molecule has 2 N–H and O–H groups in total. The highest BCUT2D eigenvalue weighted by Gasteiger charge is 2.14. The van der Waals surface area contributed by atoms with E-state index in [0.717, 1.165) is 0 Å². The molecule has 1 heterocycles. The van der Waals surface area contributed by atoms with Crippen molar-refractivity contribution in [2.24, 2.45) is 0 Å². The summed E-state index contributed by atoms with van der Waals surface area (Å²) in [7, 11) is 1.29. The predicted octanol–water partition coefficient (Wildman–Crippen LogP) is 3.40. The minimum absolute atomic E-state index is 0.110. The van der Waals surface area contributed by atoms with Crippen LogP contribution in [-0.4, -0.2) is 40.7 Å². The summed E-state index contributed by atoms with van der Waals surface area (Å²) in [5.41, 5.74) is 2.31. The number of ether oxygens (including phenoxy) is 2. The highest BCUT2D eigenvalue weighted by Crippen LogP contribution is 2.18. The number of fused-ring (bicyclic) bond motifs is 1. The summed E-state index contributed by atoms with van der Waals surface area (Å²) in [5.74, 6) is -1.39. The quantitative estimate of drug-likeness (QED) is 0.280. The molecular weight excluding hydrogens is 386 g/mol. The molecule has 30 heavy (non-hydrogen) atoms. The van der Waals surface area contributed by atoms with Gasteiger partial charge in [0.05, 0.1) is 23.7 Å². The molecule has 0 unspecified atom stereocenters. The molecule has 0 saturated heterocycles. The fourth-order valence-corrected chi connectivity index (χ4v) is 2.60. The lowest BCUT2D eigenvalue weighted by Gasteiger charge is -2.03. The van der Waals surface area contributed by atoms with Gasteiger partial charge >= 0.3 is 11.9 Å². The second-order valence-corrected chi connectivity index (χ2v) is 6.09. The van der Waals surface area contributed by atoms with Crippen LogP contribution in [0.25, 0.3) is 22.7 Å². The van der Waals surface area contributed by atoms with Gasteiger partial charge in [0.2, 0.25) is 0 Å². The zero-order chi connectivity index (χ0) is 21.5. The van der Waals surface area contributed by atoms with Crippen molar-refractivity contribution >= 4 is 34.6 Å². The normalized spacial score (nSPS) is 11.7. The average Bonchev–Trinajstić information content (AvgIpc) is 3.20. The summed E-state index contributed by atoms with van der Waals surface area (Å²) in [6, 6.07) is 15.5. The van der Waals surface area contributed by atoms with Crippen molar-refractivity contribution < 1.29 is 24.2 Å². The summed E-state index contributed by atoms with van der Waals surface area (Å²) >= 11 is 0. The lowest BCUT2D eigenvalue weighted by molar-refractivity contribution is -0.137. The number of rotatable bonds is 6. The van der Waals surface area contributed by atoms with Crippen molar-refractivity contribution in [2.75, 3.05) is 13.7 Å². The maximum atomic E-state index is 11.9. The van der Waals surface area contributed by atoms with Gasteiger partial charge in [0.1, 0.15) is 18.2 Å². The van der Waals surface area contributed by atoms with Crippen molar-refractivity contribution in [3.8, 4) is 6.07 Å². The summed E-state index contributed by atoms with van der Waals surface area (Å²) in [6.45, 7) is -0.482. The molecule has 0 bridgehead atoms. The highest BCUT2D eigenvalue weighted by atomic mass is 16.5. The molecule has 150 valence electrons. The number of methoxy groups -OCH3 is 1. The zero-order valence-electron chi connectivity index (χ0n) is 16.0. The predicted molar refractivity (Wildman–Crippen MR) is 109 cm³/mol. The van der Waals surface area contributed by atoms with Crippen LogP contribution in [0.1, 0.15) is 21.7 Å². The number of esters is 2. The Balaban J connectivity index is 1.64. The number of carbonyl (C=O) groups is 2. The van der Waals surface area contributed by atoms with Gasteiger partial charge < -0.3 is 19.6 Å². The molecule has 0 aliphatic heterocycles. The first-order chi connectivity index (χ1) is 14.5. The van der Waals surface area contributed by atoms with Crippen LogP contribution in [-0.2, 0) is 14.3 Å². The van der Waals surface area contributed by atoms with Crippen LogP contribution in [0.15, 0.2) is 60.4 Å². The van der Waals surface area contributed by atoms with E-state index >= 15 is 0 Å². The topological polar surface area (TPSA) is 125 Å². The number of carbonyl (C=O) groups excluding carboxylic acids is 2. The molecule has 8 nitrogen and oxygen atoms in total. The Labute approximate surface area is 171 Å². The molecule has 3 rings (SSSR count). The molecule has 0 atom stereocenters. The Morgan fingerprint density at radius 3 is 2.60 bits per heavy atom. The van der Waals surface area contributed by atoms with E-state index in [9.17, 15) is 20.0 Å². The van der Waals surface area contributed by atoms with Crippen LogP contribution in [0.3, 0.4) is 0 Å². The largest absolute Gasteiger partial charge is 0.507 e. The van der Waals surface area contributed by atoms with E-state index in [1.54, 1.807) is 42.5 Å². The van der Waals surface area contributed by atoms with Crippen molar-refractivity contribution in [3.63, 3.8) is 0 Å². The fourth-order valence-electron chi connectivity index (χ4n) is 2.60. The van der Waals surface area contributed by atoms with Gasteiger partial charge in [-0.25, -0.2) is 14.6 Å². The lowest BCUT2D eigenvalue weighted by atomic mass is 10.1. The number of para-hydroxylation sites is 2. The minimum atomic E-state index is -0.708. The van der Waals surface area contributed by atoms with Crippen molar-refractivity contribution in [2.45, 2.75) is 0 Å². The Kier molecular flexibility index (Phi) is 6.25. The van der Waals surface area contributed by atoms with Crippen molar-refractivity contribution in [3.05, 3.63) is 77.3 Å². The number of hydrogen-bond acceptors (Lipinski definition) is 7. The molecule has 0 amide bonds. The van der Waals surface area contributed by atoms with Gasteiger partial charge in [0, 0.05) is 6.08 Å². The third kappa shape index (κ3) is 4.72. The standard InChI is InChI=1S/C22H17N3O5/c1-29-22(28)15-9-6-14(7-10-15)8-11-20(27)30-13-19(26)16(12-23)21-24-17-4-2-3-5-18(17)25-21/h2-11,26H,13H2,1H3,(H,24,25)/b11-8+,19-16?. The smallest absolute Gasteiger partial charge is 0.337 e. The molecule has 0 saturated carbocycles. The van der Waals surface area contributed by atoms with Crippen LogP contribution in [0.5, 0.6) is 0 Å². The Bertz CT molecular complexity index is 1150. The number of benzene rings is 2. The van der Waals surface area contributed by atoms with Gasteiger partial charge in [-0.3, -0.25) is 0 Å². The molecule has 0 fully saturated rings. The van der Waals surface area contributed by atoms with Crippen LogP contribution in [0.4, 0.5) is 0 Å². The SMILES string of the molecule is COC(=O)c1ccc(/C=C/C(=O)OCC(O)=C(C#N)c2nc3ccccc3[nH]2)cc1. The van der Waals surface area contributed by atoms with Crippen LogP contribution in [0, 0.1) is 11.3 Å². The number of aromatic nitrogens is 2. The lowest BCUT2D eigenvalue weighted by Crippen LogP contribution is -2.06. The van der Waals surface area contributed by atoms with E-state index < -0.39 is 24.3 Å². The van der Waals surface area contributed by atoms with E-state index in [-0.39, 0.29) is 11.4 Å². The second-order valence-electron chi connectivity index (χ2n) is 6.09. The maximum Gasteiger partial charge on any atom is 0.337 e. The number of aliphatic hydroxyl groups excluding tert-OH is 1. The van der Waals surface area contributed by atoms with Gasteiger partial charge in [-0.15, -0.1) is 0 Å². The first-order valence-corrected chi connectivity index (χ1v) is 8.82. The molecule has 2 aromatic carbocycles.